The van der Waals surface area contributed by atoms with E-state index in [1.807, 2.05) is 27.3 Å². The van der Waals surface area contributed by atoms with Crippen molar-refractivity contribution >= 4 is 73.1 Å². The highest BCUT2D eigenvalue weighted by molar-refractivity contribution is 14.1. The molecule has 20 heavy (non-hydrogen) atoms. The molecule has 0 radical (unpaired) electrons. The largest absolute Gasteiger partial charge is 0.273 e. The van der Waals surface area contributed by atoms with Crippen LogP contribution in [0, 0.1) is 2.88 Å². The molecule has 0 aliphatic heterocycles. The molecule has 1 aromatic heterocycles. The van der Waals surface area contributed by atoms with Crippen molar-refractivity contribution in [3.63, 3.8) is 0 Å². The molecular formula is C11H6Cl2INO3S2. The van der Waals surface area contributed by atoms with Crippen molar-refractivity contribution in [1.29, 1.82) is 0 Å². The van der Waals surface area contributed by atoms with Crippen LogP contribution in [0.2, 0.25) is 10.0 Å². The summed E-state index contributed by atoms with van der Waals surface area (Å²) in [7, 11) is -3.89. The van der Waals surface area contributed by atoms with Gasteiger partial charge in [-0.05, 0) is 52.9 Å². The lowest BCUT2D eigenvalue weighted by molar-refractivity contribution is 0.0981. The van der Waals surface area contributed by atoms with Gasteiger partial charge in [-0.2, -0.15) is 0 Å². The van der Waals surface area contributed by atoms with Crippen LogP contribution in [0.4, 0.5) is 0 Å². The summed E-state index contributed by atoms with van der Waals surface area (Å²) in [5, 5.41) is 0.452. The zero-order chi connectivity index (χ0) is 14.9. The Kier molecular flexibility index (Phi) is 4.96. The molecule has 0 bridgehead atoms. The Bertz CT molecular complexity index is 774. The second-order valence-corrected chi connectivity index (χ2v) is 9.35. The number of hydrogen-bond donors (Lipinski definition) is 1. The van der Waals surface area contributed by atoms with Crippen molar-refractivity contribution in [2.24, 2.45) is 0 Å². The topological polar surface area (TPSA) is 63.2 Å². The summed E-state index contributed by atoms with van der Waals surface area (Å²) >= 11 is 14.7. The van der Waals surface area contributed by atoms with Crippen molar-refractivity contribution in [2.45, 2.75) is 4.21 Å². The van der Waals surface area contributed by atoms with Crippen LogP contribution >= 0.6 is 57.1 Å². The Morgan fingerprint density at radius 3 is 2.45 bits per heavy atom. The van der Waals surface area contributed by atoms with Gasteiger partial charge in [0.05, 0.1) is 13.5 Å². The highest BCUT2D eigenvalue weighted by Crippen LogP contribution is 2.24. The number of halogens is 3. The molecule has 1 heterocycles. The molecule has 106 valence electrons. The van der Waals surface area contributed by atoms with E-state index in [9.17, 15) is 13.2 Å². The summed E-state index contributed by atoms with van der Waals surface area (Å²) in [6, 6.07) is 7.29. The predicted molar refractivity (Wildman–Crippen MR) is 88.2 cm³/mol. The molecule has 2 aromatic rings. The SMILES string of the molecule is O=C(NS(=O)(=O)c1ccc(I)s1)c1ccc(Cl)cc1Cl. The summed E-state index contributed by atoms with van der Waals surface area (Å²) in [5.74, 6) is -0.796. The third-order valence-corrected chi connectivity index (χ3v) is 6.48. The van der Waals surface area contributed by atoms with Crippen molar-refractivity contribution in [1.82, 2.24) is 4.72 Å². The first-order valence-corrected chi connectivity index (χ1v) is 9.20. The van der Waals surface area contributed by atoms with Crippen LogP contribution in [-0.2, 0) is 10.0 Å². The van der Waals surface area contributed by atoms with Crippen LogP contribution in [0.1, 0.15) is 10.4 Å². The molecule has 0 spiro atoms. The van der Waals surface area contributed by atoms with E-state index in [0.29, 0.717) is 5.02 Å². The van der Waals surface area contributed by atoms with E-state index < -0.39 is 15.9 Å². The Balaban J connectivity index is 2.27. The minimum Gasteiger partial charge on any atom is -0.268 e. The minimum atomic E-state index is -3.89. The molecular weight excluding hydrogens is 456 g/mol. The molecule has 4 nitrogen and oxygen atoms in total. The number of thiophene rings is 1. The summed E-state index contributed by atoms with van der Waals surface area (Å²) in [6.07, 6.45) is 0. The number of amides is 1. The zero-order valence-corrected chi connectivity index (χ0v) is 14.9. The first-order chi connectivity index (χ1) is 9.29. The lowest BCUT2D eigenvalue weighted by atomic mass is 10.2. The van der Waals surface area contributed by atoms with Gasteiger partial charge in [0.1, 0.15) is 4.21 Å². The van der Waals surface area contributed by atoms with Gasteiger partial charge in [0.2, 0.25) is 0 Å². The minimum absolute atomic E-state index is 0.0471. The third kappa shape index (κ3) is 3.64. The Hall–Kier alpha value is -0.350. The zero-order valence-electron chi connectivity index (χ0n) is 9.56. The third-order valence-electron chi connectivity index (χ3n) is 2.22. The molecule has 0 saturated heterocycles. The number of rotatable bonds is 3. The fourth-order valence-electron chi connectivity index (χ4n) is 1.34. The summed E-state index contributed by atoms with van der Waals surface area (Å²) in [6.45, 7) is 0. The first kappa shape index (κ1) is 16.0. The standard InChI is InChI=1S/C11H6Cl2INO3S2/c12-6-1-2-7(8(13)5-6)11(16)15-20(17,18)10-4-3-9(14)19-10/h1-5H,(H,15,16). The van der Waals surface area contributed by atoms with E-state index in [1.54, 1.807) is 6.07 Å². The van der Waals surface area contributed by atoms with E-state index in [1.165, 1.54) is 24.3 Å². The summed E-state index contributed by atoms with van der Waals surface area (Å²) in [5.41, 5.74) is 0.0471. The number of nitrogens with one attached hydrogen (secondary N) is 1. The number of benzene rings is 1. The molecule has 2 rings (SSSR count). The second-order valence-electron chi connectivity index (χ2n) is 3.62. The van der Waals surface area contributed by atoms with Crippen LogP contribution in [0.25, 0.3) is 0 Å². The molecule has 0 unspecified atom stereocenters. The van der Waals surface area contributed by atoms with Crippen molar-refractivity contribution in [3.8, 4) is 0 Å². The fraction of sp³-hybridized carbons (Fsp3) is 0. The van der Waals surface area contributed by atoms with Gasteiger partial charge in [-0.3, -0.25) is 4.79 Å². The van der Waals surface area contributed by atoms with Crippen molar-refractivity contribution < 1.29 is 13.2 Å². The summed E-state index contributed by atoms with van der Waals surface area (Å²) in [4.78, 5) is 12.0. The van der Waals surface area contributed by atoms with Crippen LogP contribution in [0.3, 0.4) is 0 Å². The maximum Gasteiger partial charge on any atom is 0.273 e. The number of sulfonamides is 1. The van der Waals surface area contributed by atoms with Gasteiger partial charge in [-0.1, -0.05) is 23.2 Å². The Labute approximate surface area is 143 Å². The molecule has 0 atom stereocenters. The van der Waals surface area contributed by atoms with Gasteiger partial charge in [0, 0.05) is 5.02 Å². The maximum atomic E-state index is 12.0. The van der Waals surface area contributed by atoms with Crippen molar-refractivity contribution in [2.75, 3.05) is 0 Å². The molecule has 9 heteroatoms. The van der Waals surface area contributed by atoms with Gasteiger partial charge in [-0.25, -0.2) is 13.1 Å². The van der Waals surface area contributed by atoms with Crippen LogP contribution < -0.4 is 4.72 Å². The number of carbonyl (C=O) groups is 1. The molecule has 1 amide bonds. The molecule has 0 aliphatic carbocycles. The predicted octanol–water partition coefficient (Wildman–Crippen LogP) is 3.78. The molecule has 0 saturated carbocycles. The molecule has 0 fully saturated rings. The van der Waals surface area contributed by atoms with Gasteiger partial charge in [0.25, 0.3) is 15.9 Å². The smallest absolute Gasteiger partial charge is 0.268 e. The van der Waals surface area contributed by atoms with E-state index in [4.69, 9.17) is 23.2 Å². The van der Waals surface area contributed by atoms with Crippen LogP contribution in [0.5, 0.6) is 0 Å². The van der Waals surface area contributed by atoms with E-state index >= 15 is 0 Å². The molecule has 1 N–H and O–H groups in total. The Morgan fingerprint density at radius 1 is 1.20 bits per heavy atom. The van der Waals surface area contributed by atoms with E-state index in [2.05, 4.69) is 0 Å². The highest BCUT2D eigenvalue weighted by Gasteiger charge is 2.21. The van der Waals surface area contributed by atoms with Gasteiger partial charge < -0.3 is 0 Å². The van der Waals surface area contributed by atoms with Gasteiger partial charge in [-0.15, -0.1) is 11.3 Å². The number of hydrogen-bond acceptors (Lipinski definition) is 4. The monoisotopic (exact) mass is 461 g/mol. The molecule has 1 aromatic carbocycles. The average molecular weight is 462 g/mol. The maximum absolute atomic E-state index is 12.0. The lowest BCUT2D eigenvalue weighted by Gasteiger charge is -2.06. The fourth-order valence-corrected chi connectivity index (χ4v) is 5.18. The lowest BCUT2D eigenvalue weighted by Crippen LogP contribution is -2.30. The van der Waals surface area contributed by atoms with E-state index in [0.717, 1.165) is 14.2 Å². The second kappa shape index (κ2) is 6.18. The first-order valence-electron chi connectivity index (χ1n) is 5.07. The van der Waals surface area contributed by atoms with Crippen LogP contribution in [-0.4, -0.2) is 14.3 Å². The molecule has 0 aliphatic rings. The Morgan fingerprint density at radius 2 is 1.90 bits per heavy atom. The normalized spacial score (nSPS) is 11.3. The quantitative estimate of drug-likeness (QED) is 0.707. The van der Waals surface area contributed by atoms with E-state index in [-0.39, 0.29) is 14.8 Å². The highest BCUT2D eigenvalue weighted by atomic mass is 127. The summed E-state index contributed by atoms with van der Waals surface area (Å²) < 4.78 is 26.9. The average Bonchev–Trinajstić information content (AvgIpc) is 2.75. The van der Waals surface area contributed by atoms with Gasteiger partial charge >= 0.3 is 0 Å². The van der Waals surface area contributed by atoms with Gasteiger partial charge in [0.15, 0.2) is 0 Å². The van der Waals surface area contributed by atoms with Crippen LogP contribution in [0.15, 0.2) is 34.5 Å². The van der Waals surface area contributed by atoms with Crippen molar-refractivity contribution in [3.05, 3.63) is 48.8 Å². The number of carbonyl (C=O) groups excluding carboxylic acids is 1.